The van der Waals surface area contributed by atoms with Gasteiger partial charge in [-0.25, -0.2) is 8.51 Å². The van der Waals surface area contributed by atoms with E-state index in [-0.39, 0.29) is 6.04 Å². The van der Waals surface area contributed by atoms with Crippen LogP contribution >= 0.6 is 15.9 Å². The molecule has 0 fully saturated rings. The van der Waals surface area contributed by atoms with Crippen molar-refractivity contribution in [3.05, 3.63) is 63.6 Å². The monoisotopic (exact) mass is 378 g/mol. The Morgan fingerprint density at radius 2 is 1.95 bits per heavy atom. The normalized spacial score (nSPS) is 20.2. The van der Waals surface area contributed by atoms with Crippen molar-refractivity contribution >= 4 is 26.9 Å². The van der Waals surface area contributed by atoms with Gasteiger partial charge in [0.1, 0.15) is 11.0 Å². The molecule has 3 nitrogen and oxygen atoms in total. The van der Waals surface area contributed by atoms with Gasteiger partial charge in [-0.1, -0.05) is 39.7 Å². The van der Waals surface area contributed by atoms with Gasteiger partial charge in [-0.15, -0.1) is 0 Å². The minimum atomic E-state index is -1.16. The third-order valence-electron chi connectivity index (χ3n) is 4.00. The molecule has 2 unspecified atom stereocenters. The lowest BCUT2D eigenvalue weighted by Gasteiger charge is -2.19. The number of fused-ring (bicyclic) bond motifs is 1. The van der Waals surface area contributed by atoms with Gasteiger partial charge in [0, 0.05) is 23.6 Å². The van der Waals surface area contributed by atoms with Crippen molar-refractivity contribution < 1.29 is 4.21 Å². The third-order valence-corrected chi connectivity index (χ3v) is 5.95. The molecule has 3 rings (SSSR count). The Kier molecular flexibility index (Phi) is 4.78. The Morgan fingerprint density at radius 3 is 2.68 bits per heavy atom. The summed E-state index contributed by atoms with van der Waals surface area (Å²) in [5.41, 5.74) is 9.76. The van der Waals surface area contributed by atoms with Crippen LogP contribution in [0.15, 0.2) is 51.8 Å². The fraction of sp³-hybridized carbons (Fsp3) is 0.294. The molecule has 2 N–H and O–H groups in total. The molecule has 2 aromatic rings. The average Bonchev–Trinajstić information content (AvgIpc) is 2.66. The highest BCUT2D eigenvalue weighted by Gasteiger charge is 2.24. The van der Waals surface area contributed by atoms with E-state index in [1.807, 2.05) is 41.6 Å². The Labute approximate surface area is 142 Å². The van der Waals surface area contributed by atoms with Crippen LogP contribution in [0, 0.1) is 6.92 Å². The number of rotatable bonds is 2. The summed E-state index contributed by atoms with van der Waals surface area (Å²) >= 11 is 3.51. The van der Waals surface area contributed by atoms with Crippen LogP contribution in [0.2, 0.25) is 0 Å². The van der Waals surface area contributed by atoms with Crippen LogP contribution in [0.4, 0.5) is 0 Å². The molecule has 0 saturated carbocycles. The Balaban J connectivity index is 1.89. The minimum Gasteiger partial charge on any atom is -0.324 e. The Hall–Kier alpha value is -1.01. The standard InChI is InChI=1S/C17H19BrN2OS/c1-12-2-5-15(6-3-12)22(21)20-9-8-17(19)16-7-4-14(18)10-13(16)11-20/h2-7,10,17H,8-9,11,19H2,1H3. The van der Waals surface area contributed by atoms with Crippen LogP contribution in [-0.2, 0) is 17.5 Å². The molecule has 0 saturated heterocycles. The van der Waals surface area contributed by atoms with Crippen molar-refractivity contribution in [2.45, 2.75) is 30.8 Å². The van der Waals surface area contributed by atoms with E-state index in [1.165, 1.54) is 5.56 Å². The molecule has 2 aromatic carbocycles. The van der Waals surface area contributed by atoms with Crippen LogP contribution < -0.4 is 5.73 Å². The number of hydrogen-bond acceptors (Lipinski definition) is 2. The van der Waals surface area contributed by atoms with E-state index in [4.69, 9.17) is 5.73 Å². The van der Waals surface area contributed by atoms with Gasteiger partial charge >= 0.3 is 0 Å². The maximum atomic E-state index is 12.8. The van der Waals surface area contributed by atoms with Crippen molar-refractivity contribution in [1.29, 1.82) is 0 Å². The predicted octanol–water partition coefficient (Wildman–Crippen LogP) is 3.69. The molecule has 1 aliphatic heterocycles. The fourth-order valence-corrected chi connectivity index (χ4v) is 4.33. The molecule has 22 heavy (non-hydrogen) atoms. The molecule has 5 heteroatoms. The predicted molar refractivity (Wildman–Crippen MR) is 93.7 cm³/mol. The molecule has 1 heterocycles. The Bertz CT molecular complexity index is 702. The lowest BCUT2D eigenvalue weighted by atomic mass is 10.0. The zero-order valence-corrected chi connectivity index (χ0v) is 14.9. The smallest absolute Gasteiger partial charge is 0.127 e. The van der Waals surface area contributed by atoms with Crippen LogP contribution in [0.3, 0.4) is 0 Å². The van der Waals surface area contributed by atoms with Gasteiger partial charge in [-0.3, -0.25) is 0 Å². The highest BCUT2D eigenvalue weighted by molar-refractivity contribution is 9.10. The van der Waals surface area contributed by atoms with E-state index >= 15 is 0 Å². The van der Waals surface area contributed by atoms with Gasteiger partial charge in [-0.2, -0.15) is 0 Å². The van der Waals surface area contributed by atoms with Gasteiger partial charge in [0.05, 0.1) is 4.90 Å². The molecule has 0 aliphatic carbocycles. The second-order valence-corrected chi connectivity index (χ2v) is 8.07. The lowest BCUT2D eigenvalue weighted by molar-refractivity contribution is 0.432. The van der Waals surface area contributed by atoms with E-state index in [0.717, 1.165) is 33.5 Å². The van der Waals surface area contributed by atoms with Gasteiger partial charge in [0.25, 0.3) is 0 Å². The second kappa shape index (κ2) is 6.62. The third kappa shape index (κ3) is 3.33. The molecule has 0 spiro atoms. The fourth-order valence-electron chi connectivity index (χ4n) is 2.73. The summed E-state index contributed by atoms with van der Waals surface area (Å²) in [5.74, 6) is 0. The summed E-state index contributed by atoms with van der Waals surface area (Å²) < 4.78 is 15.9. The molecule has 2 atom stereocenters. The number of nitrogens with two attached hydrogens (primary N) is 1. The number of hydrogen-bond donors (Lipinski definition) is 1. The zero-order chi connectivity index (χ0) is 15.7. The SMILES string of the molecule is Cc1ccc(S(=O)N2CCC(N)c3ccc(Br)cc3C2)cc1. The first-order chi connectivity index (χ1) is 10.5. The van der Waals surface area contributed by atoms with Crippen molar-refractivity contribution in [3.63, 3.8) is 0 Å². The number of halogens is 1. The summed E-state index contributed by atoms with van der Waals surface area (Å²) in [4.78, 5) is 0.845. The lowest BCUT2D eigenvalue weighted by Crippen LogP contribution is -2.26. The molecule has 0 aromatic heterocycles. The molecule has 1 aliphatic rings. The largest absolute Gasteiger partial charge is 0.324 e. The van der Waals surface area contributed by atoms with E-state index in [0.29, 0.717) is 6.54 Å². The molecule has 0 amide bonds. The van der Waals surface area contributed by atoms with Crippen LogP contribution in [-0.4, -0.2) is 15.1 Å². The Morgan fingerprint density at radius 1 is 1.23 bits per heavy atom. The van der Waals surface area contributed by atoms with Gasteiger partial charge in [0.15, 0.2) is 0 Å². The van der Waals surface area contributed by atoms with Gasteiger partial charge in [-0.05, 0) is 48.7 Å². The molecule has 0 bridgehead atoms. The number of benzene rings is 2. The maximum absolute atomic E-state index is 12.8. The second-order valence-electron chi connectivity index (χ2n) is 5.66. The quantitative estimate of drug-likeness (QED) is 0.865. The molecule has 116 valence electrons. The number of aryl methyl sites for hydroxylation is 1. The van der Waals surface area contributed by atoms with Crippen molar-refractivity contribution in [2.24, 2.45) is 5.73 Å². The van der Waals surface area contributed by atoms with Crippen molar-refractivity contribution in [3.8, 4) is 0 Å². The first-order valence-corrected chi connectivity index (χ1v) is 9.22. The van der Waals surface area contributed by atoms with Crippen molar-refractivity contribution in [2.75, 3.05) is 6.54 Å². The molecular weight excluding hydrogens is 360 g/mol. The van der Waals surface area contributed by atoms with Crippen molar-refractivity contribution in [1.82, 2.24) is 4.31 Å². The highest BCUT2D eigenvalue weighted by atomic mass is 79.9. The van der Waals surface area contributed by atoms with Crippen LogP contribution in [0.1, 0.15) is 29.2 Å². The first-order valence-electron chi connectivity index (χ1n) is 7.32. The zero-order valence-electron chi connectivity index (χ0n) is 12.5. The topological polar surface area (TPSA) is 46.3 Å². The van der Waals surface area contributed by atoms with E-state index < -0.39 is 11.0 Å². The average molecular weight is 379 g/mol. The highest BCUT2D eigenvalue weighted by Crippen LogP contribution is 2.29. The van der Waals surface area contributed by atoms with Gasteiger partial charge < -0.3 is 5.73 Å². The van der Waals surface area contributed by atoms with Crippen LogP contribution in [0.5, 0.6) is 0 Å². The summed E-state index contributed by atoms with van der Waals surface area (Å²) in [6.07, 6.45) is 0.812. The molecule has 0 radical (unpaired) electrons. The molecular formula is C17H19BrN2OS. The summed E-state index contributed by atoms with van der Waals surface area (Å²) in [7, 11) is -1.16. The summed E-state index contributed by atoms with van der Waals surface area (Å²) in [5, 5.41) is 0. The van der Waals surface area contributed by atoms with Gasteiger partial charge in [0.2, 0.25) is 0 Å². The van der Waals surface area contributed by atoms with E-state index in [9.17, 15) is 4.21 Å². The van der Waals surface area contributed by atoms with E-state index in [1.54, 1.807) is 0 Å². The number of nitrogens with zero attached hydrogens (tertiary/aromatic N) is 1. The summed E-state index contributed by atoms with van der Waals surface area (Å²) in [6.45, 7) is 3.42. The first kappa shape index (κ1) is 15.9. The maximum Gasteiger partial charge on any atom is 0.127 e. The summed E-state index contributed by atoms with van der Waals surface area (Å²) in [6, 6.07) is 14.1. The van der Waals surface area contributed by atoms with Crippen LogP contribution in [0.25, 0.3) is 0 Å². The minimum absolute atomic E-state index is 0.00289. The van der Waals surface area contributed by atoms with E-state index in [2.05, 4.69) is 28.1 Å².